The van der Waals surface area contributed by atoms with Crippen LogP contribution in [0.1, 0.15) is 27.2 Å². The lowest BCUT2D eigenvalue weighted by atomic mass is 10.1. The van der Waals surface area contributed by atoms with Gasteiger partial charge in [-0.1, -0.05) is 11.6 Å². The van der Waals surface area contributed by atoms with Crippen molar-refractivity contribution in [2.45, 2.75) is 45.1 Å². The zero-order chi connectivity index (χ0) is 16.3. The zero-order valence-electron chi connectivity index (χ0n) is 12.8. The molecule has 0 radical (unpaired) electrons. The predicted octanol–water partition coefficient (Wildman–Crippen LogP) is 2.86. The van der Waals surface area contributed by atoms with Crippen molar-refractivity contribution in [3.05, 3.63) is 17.5 Å². The van der Waals surface area contributed by atoms with Crippen molar-refractivity contribution in [1.29, 1.82) is 0 Å². The van der Waals surface area contributed by atoms with Crippen LogP contribution >= 0.6 is 11.6 Å². The van der Waals surface area contributed by atoms with Crippen molar-refractivity contribution in [1.82, 2.24) is 14.9 Å². The Balaban J connectivity index is 1.91. The molecule has 1 saturated heterocycles. The Labute approximate surface area is 133 Å². The fourth-order valence-electron chi connectivity index (χ4n) is 2.05. The van der Waals surface area contributed by atoms with E-state index < -0.39 is 24.0 Å². The number of carbonyl (C=O) groups excluding carboxylic acids is 1. The molecule has 2 atom stereocenters. The van der Waals surface area contributed by atoms with E-state index in [1.165, 1.54) is 17.3 Å². The van der Waals surface area contributed by atoms with Crippen LogP contribution in [0.4, 0.5) is 9.18 Å². The normalized spacial score (nSPS) is 22.3. The number of rotatable bonds is 2. The van der Waals surface area contributed by atoms with Gasteiger partial charge in [-0.3, -0.25) is 4.98 Å². The van der Waals surface area contributed by atoms with E-state index in [-0.39, 0.29) is 17.6 Å². The number of alkyl halides is 1. The smallest absolute Gasteiger partial charge is 0.410 e. The number of halogens is 2. The molecule has 1 fully saturated rings. The molecule has 122 valence electrons. The number of amides is 1. The molecular weight excluding hydrogens is 313 g/mol. The van der Waals surface area contributed by atoms with Crippen LogP contribution in [0.25, 0.3) is 0 Å². The fourth-order valence-corrected chi connectivity index (χ4v) is 2.19. The first-order valence-electron chi connectivity index (χ1n) is 7.01. The van der Waals surface area contributed by atoms with Crippen LogP contribution in [0, 0.1) is 0 Å². The van der Waals surface area contributed by atoms with E-state index in [1.807, 2.05) is 0 Å². The first-order valence-corrected chi connectivity index (χ1v) is 7.38. The number of piperidine rings is 1. The van der Waals surface area contributed by atoms with E-state index in [4.69, 9.17) is 21.1 Å². The van der Waals surface area contributed by atoms with Crippen LogP contribution in [0.5, 0.6) is 5.88 Å². The van der Waals surface area contributed by atoms with Gasteiger partial charge >= 0.3 is 6.09 Å². The van der Waals surface area contributed by atoms with Crippen LogP contribution in [-0.2, 0) is 4.74 Å². The summed E-state index contributed by atoms with van der Waals surface area (Å²) >= 11 is 5.71. The topological polar surface area (TPSA) is 64.5 Å². The Bertz CT molecular complexity index is 538. The Morgan fingerprint density at radius 2 is 2.18 bits per heavy atom. The number of hydrogen-bond donors (Lipinski definition) is 0. The highest BCUT2D eigenvalue weighted by Gasteiger charge is 2.35. The van der Waals surface area contributed by atoms with Crippen molar-refractivity contribution in [2.75, 3.05) is 13.1 Å². The molecular formula is C14H19ClFN3O3. The van der Waals surface area contributed by atoms with Crippen molar-refractivity contribution >= 4 is 17.7 Å². The number of carbonyl (C=O) groups is 1. The molecule has 8 heteroatoms. The van der Waals surface area contributed by atoms with Crippen LogP contribution in [0.3, 0.4) is 0 Å². The first kappa shape index (κ1) is 16.7. The van der Waals surface area contributed by atoms with Gasteiger partial charge in [0.05, 0.1) is 18.9 Å². The standard InChI is InChI=1S/C14H19ClFN3O3/c1-14(2,3)22-13(20)19-5-4-10(9(16)8-19)21-12-7-17-6-11(15)18-12/h6-7,9-10H,4-5,8H2,1-3H3. The van der Waals surface area contributed by atoms with Gasteiger partial charge in [0.1, 0.15) is 11.7 Å². The third-order valence-corrected chi connectivity index (χ3v) is 3.17. The maximum atomic E-state index is 14.2. The second-order valence-corrected chi connectivity index (χ2v) is 6.45. The fraction of sp³-hybridized carbons (Fsp3) is 0.643. The van der Waals surface area contributed by atoms with Crippen LogP contribution in [0.2, 0.25) is 5.15 Å². The third-order valence-electron chi connectivity index (χ3n) is 2.99. The zero-order valence-corrected chi connectivity index (χ0v) is 13.5. The van der Waals surface area contributed by atoms with E-state index in [9.17, 15) is 9.18 Å². The quantitative estimate of drug-likeness (QED) is 0.833. The molecule has 22 heavy (non-hydrogen) atoms. The van der Waals surface area contributed by atoms with Crippen molar-refractivity contribution in [2.24, 2.45) is 0 Å². The summed E-state index contributed by atoms with van der Waals surface area (Å²) in [6.45, 7) is 5.59. The van der Waals surface area contributed by atoms with Crippen molar-refractivity contribution in [3.8, 4) is 5.88 Å². The van der Waals surface area contributed by atoms with E-state index in [2.05, 4.69) is 9.97 Å². The lowest BCUT2D eigenvalue weighted by Gasteiger charge is -2.35. The molecule has 1 aromatic heterocycles. The highest BCUT2D eigenvalue weighted by atomic mass is 35.5. The third kappa shape index (κ3) is 4.69. The Morgan fingerprint density at radius 3 is 2.77 bits per heavy atom. The van der Waals surface area contributed by atoms with Crippen LogP contribution < -0.4 is 4.74 Å². The summed E-state index contributed by atoms with van der Waals surface area (Å²) in [5, 5.41) is 0.180. The average Bonchev–Trinajstić information content (AvgIpc) is 2.39. The average molecular weight is 332 g/mol. The van der Waals surface area contributed by atoms with Gasteiger partial charge in [0, 0.05) is 13.0 Å². The van der Waals surface area contributed by atoms with E-state index >= 15 is 0 Å². The highest BCUT2D eigenvalue weighted by molar-refractivity contribution is 6.29. The first-order chi connectivity index (χ1) is 10.2. The summed E-state index contributed by atoms with van der Waals surface area (Å²) in [4.78, 5) is 21.0. The van der Waals surface area contributed by atoms with Gasteiger partial charge in [0.25, 0.3) is 0 Å². The molecule has 2 unspecified atom stereocenters. The minimum absolute atomic E-state index is 0.0758. The van der Waals surface area contributed by atoms with Gasteiger partial charge < -0.3 is 14.4 Å². The van der Waals surface area contributed by atoms with Crippen molar-refractivity contribution < 1.29 is 18.7 Å². The van der Waals surface area contributed by atoms with Crippen LogP contribution in [0.15, 0.2) is 12.4 Å². The maximum Gasteiger partial charge on any atom is 0.410 e. The summed E-state index contributed by atoms with van der Waals surface area (Å²) in [7, 11) is 0. The molecule has 6 nitrogen and oxygen atoms in total. The molecule has 0 aromatic carbocycles. The van der Waals surface area contributed by atoms with Gasteiger partial charge in [-0.25, -0.2) is 9.18 Å². The molecule has 0 bridgehead atoms. The number of aromatic nitrogens is 2. The second kappa shape index (κ2) is 6.64. The van der Waals surface area contributed by atoms with Crippen molar-refractivity contribution in [3.63, 3.8) is 0 Å². The summed E-state index contributed by atoms with van der Waals surface area (Å²) in [5.74, 6) is 0.172. The molecule has 2 rings (SSSR count). The summed E-state index contributed by atoms with van der Waals surface area (Å²) < 4.78 is 24.9. The molecule has 1 amide bonds. The summed E-state index contributed by atoms with van der Waals surface area (Å²) in [6, 6.07) is 0. The molecule has 0 N–H and O–H groups in total. The molecule has 2 heterocycles. The van der Waals surface area contributed by atoms with Crippen LogP contribution in [-0.4, -0.2) is 51.9 Å². The van der Waals surface area contributed by atoms with E-state index in [1.54, 1.807) is 20.8 Å². The van der Waals surface area contributed by atoms with Gasteiger partial charge in [-0.05, 0) is 20.8 Å². The molecule has 0 spiro atoms. The molecule has 1 aliphatic heterocycles. The molecule has 1 aliphatic rings. The summed E-state index contributed by atoms with van der Waals surface area (Å²) in [6.07, 6.45) is 0.546. The monoisotopic (exact) mass is 331 g/mol. The predicted molar refractivity (Wildman–Crippen MR) is 78.8 cm³/mol. The number of likely N-dealkylation sites (tertiary alicyclic amines) is 1. The van der Waals surface area contributed by atoms with Gasteiger partial charge in [0.15, 0.2) is 11.3 Å². The highest BCUT2D eigenvalue weighted by Crippen LogP contribution is 2.22. The maximum absolute atomic E-state index is 14.2. The largest absolute Gasteiger partial charge is 0.470 e. The molecule has 1 aromatic rings. The number of hydrogen-bond acceptors (Lipinski definition) is 5. The number of ether oxygens (including phenoxy) is 2. The minimum Gasteiger partial charge on any atom is -0.470 e. The SMILES string of the molecule is CC(C)(C)OC(=O)N1CCC(Oc2cncc(Cl)n2)C(F)C1. The lowest BCUT2D eigenvalue weighted by molar-refractivity contribution is -0.0115. The Morgan fingerprint density at radius 1 is 1.45 bits per heavy atom. The Kier molecular flexibility index (Phi) is 5.05. The van der Waals surface area contributed by atoms with E-state index in [0.717, 1.165) is 0 Å². The molecule has 0 saturated carbocycles. The van der Waals surface area contributed by atoms with Gasteiger partial charge in [-0.15, -0.1) is 0 Å². The lowest BCUT2D eigenvalue weighted by Crippen LogP contribution is -2.50. The second-order valence-electron chi connectivity index (χ2n) is 6.07. The molecule has 0 aliphatic carbocycles. The van der Waals surface area contributed by atoms with E-state index in [0.29, 0.717) is 13.0 Å². The van der Waals surface area contributed by atoms with Gasteiger partial charge in [-0.2, -0.15) is 4.98 Å². The summed E-state index contributed by atoms with van der Waals surface area (Å²) in [5.41, 5.74) is -0.605. The minimum atomic E-state index is -1.33. The van der Waals surface area contributed by atoms with Gasteiger partial charge in [0.2, 0.25) is 5.88 Å². The Hall–Kier alpha value is -1.63. The number of nitrogens with zero attached hydrogens (tertiary/aromatic N) is 3.